The number of nitrogens with one attached hydrogen (secondary N) is 2. The first-order valence-electron chi connectivity index (χ1n) is 3.99. The molecule has 0 aromatic carbocycles. The molecule has 0 unspecified atom stereocenters. The molecule has 0 spiro atoms. The summed E-state index contributed by atoms with van der Waals surface area (Å²) in [5.41, 5.74) is -0.0556. The third-order valence-electron chi connectivity index (χ3n) is 1.89. The summed E-state index contributed by atoms with van der Waals surface area (Å²) >= 11 is 0. The summed E-state index contributed by atoms with van der Waals surface area (Å²) in [4.78, 5) is 35.4. The van der Waals surface area contributed by atoms with Gasteiger partial charge in [0.15, 0.2) is 11.2 Å². The van der Waals surface area contributed by atoms with Crippen LogP contribution >= 0.6 is 0 Å². The highest BCUT2D eigenvalue weighted by molar-refractivity contribution is 5.84. The van der Waals surface area contributed by atoms with E-state index in [4.69, 9.17) is 5.11 Å². The minimum absolute atomic E-state index is 0.0629. The number of carboxylic acid groups (broad SMARTS) is 1. The molecule has 2 rings (SSSR count). The van der Waals surface area contributed by atoms with E-state index in [1.807, 2.05) is 0 Å². The van der Waals surface area contributed by atoms with Gasteiger partial charge in [0.25, 0.3) is 5.56 Å². The fraction of sp³-hybridized carbons (Fsp3) is 0.143. The Morgan fingerprint density at radius 1 is 1.60 bits per heavy atom. The molecule has 0 bridgehead atoms. The predicted octanol–water partition coefficient (Wildman–Crippen LogP) is -0.240. The van der Waals surface area contributed by atoms with Crippen LogP contribution in [0.15, 0.2) is 11.1 Å². The van der Waals surface area contributed by atoms with Crippen molar-refractivity contribution in [3.8, 4) is 0 Å². The zero-order valence-corrected chi connectivity index (χ0v) is 7.68. The highest BCUT2D eigenvalue weighted by Crippen LogP contribution is 2.06. The van der Waals surface area contributed by atoms with E-state index in [1.54, 1.807) is 0 Å². The maximum atomic E-state index is 11.4. The second kappa shape index (κ2) is 3.08. The van der Waals surface area contributed by atoms with Crippen LogP contribution < -0.4 is 10.5 Å². The first-order valence-corrected chi connectivity index (χ1v) is 3.99. The van der Waals surface area contributed by atoms with Crippen LogP contribution in [0.5, 0.6) is 0 Å². The Morgan fingerprint density at radius 2 is 2.33 bits per heavy atom. The van der Waals surface area contributed by atoms with Gasteiger partial charge in [-0.3, -0.25) is 14.7 Å². The molecular formula is C7H7N5O3. The highest BCUT2D eigenvalue weighted by atomic mass is 16.4. The van der Waals surface area contributed by atoms with Crippen LogP contribution in [0.25, 0.3) is 11.2 Å². The molecule has 3 N–H and O–H groups in total. The predicted molar refractivity (Wildman–Crippen MR) is 50.9 cm³/mol. The van der Waals surface area contributed by atoms with Crippen molar-refractivity contribution >= 4 is 23.2 Å². The van der Waals surface area contributed by atoms with Gasteiger partial charge in [0, 0.05) is 7.05 Å². The molecule has 0 atom stereocenters. The summed E-state index contributed by atoms with van der Waals surface area (Å²) in [5, 5.41) is 8.68. The lowest BCUT2D eigenvalue weighted by Gasteiger charge is -2.09. The lowest BCUT2D eigenvalue weighted by molar-refractivity contribution is 0.203. The van der Waals surface area contributed by atoms with E-state index in [9.17, 15) is 9.59 Å². The summed E-state index contributed by atoms with van der Waals surface area (Å²) in [5.74, 6) is -0.0629. The summed E-state index contributed by atoms with van der Waals surface area (Å²) in [6, 6.07) is 0. The summed E-state index contributed by atoms with van der Waals surface area (Å²) < 4.78 is 0. The van der Waals surface area contributed by atoms with Crippen LogP contribution in [0, 0.1) is 0 Å². The van der Waals surface area contributed by atoms with Crippen molar-refractivity contribution in [1.82, 2.24) is 19.9 Å². The number of nitrogens with zero attached hydrogens (tertiary/aromatic N) is 3. The molecule has 2 aromatic heterocycles. The molecule has 1 amide bonds. The largest absolute Gasteiger partial charge is 0.465 e. The minimum Gasteiger partial charge on any atom is -0.465 e. The van der Waals surface area contributed by atoms with E-state index in [0.29, 0.717) is 0 Å². The Bertz CT molecular complexity index is 571. The van der Waals surface area contributed by atoms with Gasteiger partial charge in [-0.05, 0) is 0 Å². The fourth-order valence-electron chi connectivity index (χ4n) is 1.08. The molecule has 8 nitrogen and oxygen atoms in total. The number of imidazole rings is 1. The molecule has 8 heteroatoms. The van der Waals surface area contributed by atoms with Crippen molar-refractivity contribution in [3.63, 3.8) is 0 Å². The molecule has 0 fully saturated rings. The molecule has 0 saturated carbocycles. The first-order chi connectivity index (χ1) is 7.09. The van der Waals surface area contributed by atoms with Gasteiger partial charge in [0.2, 0.25) is 5.95 Å². The second-order valence-corrected chi connectivity index (χ2v) is 2.83. The maximum Gasteiger partial charge on any atom is 0.413 e. The molecular weight excluding hydrogens is 202 g/mol. The van der Waals surface area contributed by atoms with Gasteiger partial charge < -0.3 is 10.1 Å². The van der Waals surface area contributed by atoms with Crippen LogP contribution in [-0.2, 0) is 0 Å². The van der Waals surface area contributed by atoms with Crippen LogP contribution in [0.1, 0.15) is 0 Å². The van der Waals surface area contributed by atoms with Gasteiger partial charge in [-0.15, -0.1) is 0 Å². The molecule has 78 valence electrons. The lowest BCUT2D eigenvalue weighted by atomic mass is 10.5. The fourth-order valence-corrected chi connectivity index (χ4v) is 1.08. The van der Waals surface area contributed by atoms with Crippen LogP contribution in [0.4, 0.5) is 10.7 Å². The van der Waals surface area contributed by atoms with Gasteiger partial charge in [0.1, 0.15) is 0 Å². The Labute approximate surface area is 82.6 Å². The zero-order chi connectivity index (χ0) is 11.0. The normalized spacial score (nSPS) is 10.5. The number of aromatic amines is 2. The molecule has 0 radical (unpaired) electrons. The van der Waals surface area contributed by atoms with Crippen molar-refractivity contribution in [2.75, 3.05) is 11.9 Å². The van der Waals surface area contributed by atoms with Crippen molar-refractivity contribution in [3.05, 3.63) is 16.7 Å². The Hall–Kier alpha value is -2.38. The molecule has 2 heterocycles. The van der Waals surface area contributed by atoms with Crippen LogP contribution in [-0.4, -0.2) is 38.2 Å². The van der Waals surface area contributed by atoms with Gasteiger partial charge in [-0.25, -0.2) is 9.78 Å². The van der Waals surface area contributed by atoms with E-state index in [-0.39, 0.29) is 17.1 Å². The Morgan fingerprint density at radius 3 is 3.00 bits per heavy atom. The van der Waals surface area contributed by atoms with Crippen LogP contribution in [0.3, 0.4) is 0 Å². The SMILES string of the molecule is CN(C(=O)O)c1nc2nc[nH]c2c(=O)[nH]1. The number of hydrogen-bond acceptors (Lipinski definition) is 4. The van der Waals surface area contributed by atoms with E-state index in [1.165, 1.54) is 13.4 Å². The zero-order valence-electron chi connectivity index (χ0n) is 7.68. The van der Waals surface area contributed by atoms with Crippen molar-refractivity contribution in [2.24, 2.45) is 0 Å². The van der Waals surface area contributed by atoms with Crippen molar-refractivity contribution < 1.29 is 9.90 Å². The molecule has 0 saturated heterocycles. The summed E-state index contributed by atoms with van der Waals surface area (Å²) in [6.45, 7) is 0. The third-order valence-corrected chi connectivity index (χ3v) is 1.89. The number of H-pyrrole nitrogens is 2. The smallest absolute Gasteiger partial charge is 0.413 e. The standard InChI is InChI=1S/C7H7N5O3/c1-12(7(14)15)6-10-4-3(5(13)11-6)8-2-9-4/h2H,1H3,(H,14,15)(H2,8,9,10,11,13). The number of carbonyl (C=O) groups is 1. The number of rotatable bonds is 1. The van der Waals surface area contributed by atoms with Gasteiger partial charge in [-0.1, -0.05) is 0 Å². The maximum absolute atomic E-state index is 11.4. The molecule has 0 aliphatic carbocycles. The molecule has 2 aromatic rings. The molecule has 15 heavy (non-hydrogen) atoms. The number of hydrogen-bond donors (Lipinski definition) is 3. The molecule has 0 aliphatic heterocycles. The Kier molecular flexibility index (Phi) is 1.89. The molecule has 0 aliphatic rings. The number of anilines is 1. The van der Waals surface area contributed by atoms with E-state index in [0.717, 1.165) is 4.90 Å². The van der Waals surface area contributed by atoms with Gasteiger partial charge in [0.05, 0.1) is 6.33 Å². The van der Waals surface area contributed by atoms with Gasteiger partial charge in [-0.2, -0.15) is 4.98 Å². The van der Waals surface area contributed by atoms with Gasteiger partial charge >= 0.3 is 6.09 Å². The van der Waals surface area contributed by atoms with Crippen molar-refractivity contribution in [2.45, 2.75) is 0 Å². The van der Waals surface area contributed by atoms with E-state index < -0.39 is 11.7 Å². The van der Waals surface area contributed by atoms with Crippen LogP contribution in [0.2, 0.25) is 0 Å². The average Bonchev–Trinajstić information content (AvgIpc) is 2.64. The highest BCUT2D eigenvalue weighted by Gasteiger charge is 2.13. The third kappa shape index (κ3) is 1.41. The van der Waals surface area contributed by atoms with E-state index >= 15 is 0 Å². The van der Waals surface area contributed by atoms with Crippen molar-refractivity contribution in [1.29, 1.82) is 0 Å². The summed E-state index contributed by atoms with van der Waals surface area (Å²) in [6.07, 6.45) is 0.102. The quantitative estimate of drug-likeness (QED) is 0.599. The summed E-state index contributed by atoms with van der Waals surface area (Å²) in [7, 11) is 1.28. The number of amides is 1. The topological polar surface area (TPSA) is 115 Å². The lowest BCUT2D eigenvalue weighted by Crippen LogP contribution is -2.28. The number of fused-ring (bicyclic) bond motifs is 1. The van der Waals surface area contributed by atoms with E-state index in [2.05, 4.69) is 19.9 Å². The second-order valence-electron chi connectivity index (χ2n) is 2.83. The first kappa shape index (κ1) is 9.19. The Balaban J connectivity index is 2.64. The minimum atomic E-state index is -1.21. The monoisotopic (exact) mass is 209 g/mol. The average molecular weight is 209 g/mol. The number of aromatic nitrogens is 4.